The molecular weight excluding hydrogens is 240 g/mol. The van der Waals surface area contributed by atoms with Crippen LogP contribution in [0, 0.1) is 0 Å². The molecule has 2 heterocycles. The van der Waals surface area contributed by atoms with Crippen LogP contribution in [0.5, 0.6) is 0 Å². The number of rotatable bonds is 3. The molecule has 0 unspecified atom stereocenters. The summed E-state index contributed by atoms with van der Waals surface area (Å²) in [6.45, 7) is 0. The highest BCUT2D eigenvalue weighted by molar-refractivity contribution is 5.85. The summed E-state index contributed by atoms with van der Waals surface area (Å²) in [5, 5.41) is 12.5. The van der Waals surface area contributed by atoms with Crippen molar-refractivity contribution < 1.29 is 19.4 Å². The lowest BCUT2D eigenvalue weighted by atomic mass is 10.4. The molecule has 2 rings (SSSR count). The zero-order valence-electron chi connectivity index (χ0n) is 9.27. The summed E-state index contributed by atoms with van der Waals surface area (Å²) in [5.74, 6) is -1.67. The third kappa shape index (κ3) is 2.17. The number of carbonyl (C=O) groups is 2. The second-order valence-corrected chi connectivity index (χ2v) is 3.18. The molecule has 2 aromatic heterocycles. The van der Waals surface area contributed by atoms with E-state index < -0.39 is 11.9 Å². The molecule has 0 atom stereocenters. The van der Waals surface area contributed by atoms with Gasteiger partial charge >= 0.3 is 11.9 Å². The Morgan fingerprint density at radius 3 is 2.78 bits per heavy atom. The van der Waals surface area contributed by atoms with Crippen molar-refractivity contribution in [3.8, 4) is 5.82 Å². The van der Waals surface area contributed by atoms with E-state index in [9.17, 15) is 9.59 Å². The summed E-state index contributed by atoms with van der Waals surface area (Å²) in [4.78, 5) is 29.6. The molecule has 0 aliphatic rings. The fraction of sp³-hybridized carbons (Fsp3) is 0.100. The van der Waals surface area contributed by atoms with Crippen LogP contribution in [0.4, 0.5) is 0 Å². The zero-order valence-corrected chi connectivity index (χ0v) is 9.27. The number of ether oxygens (including phenoxy) is 1. The summed E-state index contributed by atoms with van der Waals surface area (Å²) in [5.41, 5.74) is -0.117. The van der Waals surface area contributed by atoms with E-state index in [4.69, 9.17) is 5.11 Å². The van der Waals surface area contributed by atoms with Gasteiger partial charge in [0.1, 0.15) is 0 Å². The highest BCUT2D eigenvalue weighted by atomic mass is 16.5. The molecule has 0 bridgehead atoms. The van der Waals surface area contributed by atoms with Crippen LogP contribution in [0.25, 0.3) is 5.82 Å². The Morgan fingerprint density at radius 1 is 1.39 bits per heavy atom. The normalized spacial score (nSPS) is 10.1. The van der Waals surface area contributed by atoms with Gasteiger partial charge in [-0.3, -0.25) is 0 Å². The van der Waals surface area contributed by atoms with Gasteiger partial charge in [-0.15, -0.1) is 0 Å². The SMILES string of the molecule is COC(=O)c1nccc(-n2ccc(C(=O)O)n2)n1. The van der Waals surface area contributed by atoms with E-state index in [0.29, 0.717) is 0 Å². The average molecular weight is 248 g/mol. The van der Waals surface area contributed by atoms with Gasteiger partial charge in [0, 0.05) is 18.5 Å². The minimum atomic E-state index is -1.14. The van der Waals surface area contributed by atoms with Crippen LogP contribution in [-0.2, 0) is 4.74 Å². The Hall–Kier alpha value is -2.77. The topological polar surface area (TPSA) is 107 Å². The minimum absolute atomic E-state index is 0.117. The third-order valence-electron chi connectivity index (χ3n) is 2.05. The number of aromatic carboxylic acids is 1. The van der Waals surface area contributed by atoms with Gasteiger partial charge in [-0.2, -0.15) is 5.10 Å². The number of carboxylic acids is 1. The molecule has 0 fully saturated rings. The van der Waals surface area contributed by atoms with Crippen LogP contribution in [0.3, 0.4) is 0 Å². The summed E-state index contributed by atoms with van der Waals surface area (Å²) in [7, 11) is 1.22. The van der Waals surface area contributed by atoms with Crippen LogP contribution in [0.15, 0.2) is 24.5 Å². The molecule has 0 saturated carbocycles. The lowest BCUT2D eigenvalue weighted by Gasteiger charge is -2.01. The van der Waals surface area contributed by atoms with E-state index in [1.165, 1.54) is 36.3 Å². The van der Waals surface area contributed by atoms with Crippen molar-refractivity contribution in [1.82, 2.24) is 19.7 Å². The monoisotopic (exact) mass is 248 g/mol. The molecule has 8 heteroatoms. The molecule has 0 saturated heterocycles. The molecule has 0 aliphatic carbocycles. The van der Waals surface area contributed by atoms with Crippen molar-refractivity contribution in [3.63, 3.8) is 0 Å². The summed E-state index contributed by atoms with van der Waals surface area (Å²) >= 11 is 0. The number of aromatic nitrogens is 4. The fourth-order valence-electron chi connectivity index (χ4n) is 1.23. The molecule has 0 spiro atoms. The van der Waals surface area contributed by atoms with Gasteiger partial charge in [-0.05, 0) is 6.07 Å². The Bertz CT molecular complexity index is 607. The lowest BCUT2D eigenvalue weighted by Crippen LogP contribution is -2.10. The van der Waals surface area contributed by atoms with Gasteiger partial charge < -0.3 is 9.84 Å². The van der Waals surface area contributed by atoms with Gasteiger partial charge in [0.15, 0.2) is 11.5 Å². The third-order valence-corrected chi connectivity index (χ3v) is 2.05. The summed E-state index contributed by atoms with van der Waals surface area (Å²) < 4.78 is 5.72. The predicted molar refractivity (Wildman–Crippen MR) is 57.5 cm³/mol. The van der Waals surface area contributed by atoms with E-state index in [1.807, 2.05) is 0 Å². The van der Waals surface area contributed by atoms with Crippen LogP contribution in [0.1, 0.15) is 21.1 Å². The Morgan fingerprint density at radius 2 is 2.17 bits per heavy atom. The molecule has 0 amide bonds. The van der Waals surface area contributed by atoms with Gasteiger partial charge in [-0.25, -0.2) is 24.2 Å². The number of hydrogen-bond acceptors (Lipinski definition) is 6. The Labute approximate surface area is 101 Å². The van der Waals surface area contributed by atoms with E-state index in [2.05, 4.69) is 19.8 Å². The number of nitrogens with zero attached hydrogens (tertiary/aromatic N) is 4. The quantitative estimate of drug-likeness (QED) is 0.770. The minimum Gasteiger partial charge on any atom is -0.476 e. The molecule has 0 aliphatic heterocycles. The summed E-state index contributed by atoms with van der Waals surface area (Å²) in [6.07, 6.45) is 2.78. The maximum Gasteiger partial charge on any atom is 0.376 e. The van der Waals surface area contributed by atoms with Crippen molar-refractivity contribution in [2.45, 2.75) is 0 Å². The second-order valence-electron chi connectivity index (χ2n) is 3.18. The number of hydrogen-bond donors (Lipinski definition) is 1. The lowest BCUT2D eigenvalue weighted by molar-refractivity contribution is 0.0585. The van der Waals surface area contributed by atoms with Gasteiger partial charge in [0.25, 0.3) is 0 Å². The first kappa shape index (κ1) is 11.7. The number of carboxylic acid groups (broad SMARTS) is 1. The first-order valence-electron chi connectivity index (χ1n) is 4.82. The van der Waals surface area contributed by atoms with Gasteiger partial charge in [0.2, 0.25) is 5.82 Å². The maximum absolute atomic E-state index is 11.2. The maximum atomic E-state index is 11.2. The number of carbonyl (C=O) groups excluding carboxylic acids is 1. The van der Waals surface area contributed by atoms with Crippen molar-refractivity contribution in [2.75, 3.05) is 7.11 Å². The Balaban J connectivity index is 2.38. The molecule has 0 radical (unpaired) electrons. The largest absolute Gasteiger partial charge is 0.476 e. The zero-order chi connectivity index (χ0) is 13.1. The van der Waals surface area contributed by atoms with Crippen molar-refractivity contribution in [2.24, 2.45) is 0 Å². The molecule has 8 nitrogen and oxygen atoms in total. The second kappa shape index (κ2) is 4.62. The van der Waals surface area contributed by atoms with Crippen LogP contribution >= 0.6 is 0 Å². The Kier molecular flexibility index (Phi) is 3.00. The van der Waals surface area contributed by atoms with Crippen LogP contribution in [0.2, 0.25) is 0 Å². The first-order chi connectivity index (χ1) is 8.61. The van der Waals surface area contributed by atoms with E-state index in [-0.39, 0.29) is 17.3 Å². The average Bonchev–Trinajstić information content (AvgIpc) is 2.88. The van der Waals surface area contributed by atoms with E-state index >= 15 is 0 Å². The fourth-order valence-corrected chi connectivity index (χ4v) is 1.23. The molecule has 18 heavy (non-hydrogen) atoms. The van der Waals surface area contributed by atoms with Crippen LogP contribution < -0.4 is 0 Å². The number of methoxy groups -OCH3 is 1. The molecular formula is C10H8N4O4. The molecule has 0 aromatic carbocycles. The first-order valence-corrected chi connectivity index (χ1v) is 4.82. The van der Waals surface area contributed by atoms with Crippen molar-refractivity contribution in [1.29, 1.82) is 0 Å². The van der Waals surface area contributed by atoms with Gasteiger partial charge in [-0.1, -0.05) is 0 Å². The smallest absolute Gasteiger partial charge is 0.376 e. The standard InChI is InChI=1S/C10H8N4O4/c1-18-10(17)8-11-4-2-7(12-8)14-5-3-6(13-14)9(15)16/h2-5H,1H3,(H,15,16). The van der Waals surface area contributed by atoms with E-state index in [0.717, 1.165) is 0 Å². The van der Waals surface area contributed by atoms with Crippen molar-refractivity contribution >= 4 is 11.9 Å². The molecule has 1 N–H and O–H groups in total. The summed E-state index contributed by atoms with van der Waals surface area (Å²) in [6, 6.07) is 2.81. The molecule has 2 aromatic rings. The molecule has 92 valence electrons. The predicted octanol–water partition coefficient (Wildman–Crippen LogP) is 0.147. The number of esters is 1. The van der Waals surface area contributed by atoms with Crippen molar-refractivity contribution in [3.05, 3.63) is 36.0 Å². The van der Waals surface area contributed by atoms with E-state index in [1.54, 1.807) is 0 Å². The highest BCUT2D eigenvalue weighted by Gasteiger charge is 2.12. The van der Waals surface area contributed by atoms with Gasteiger partial charge in [0.05, 0.1) is 7.11 Å². The highest BCUT2D eigenvalue weighted by Crippen LogP contribution is 2.05. The van der Waals surface area contributed by atoms with Crippen LogP contribution in [-0.4, -0.2) is 43.9 Å².